The van der Waals surface area contributed by atoms with Crippen molar-refractivity contribution in [1.29, 1.82) is 0 Å². The molecule has 4 heteroatoms. The first-order chi connectivity index (χ1) is 11.1. The van der Waals surface area contributed by atoms with Crippen molar-refractivity contribution in [3.8, 4) is 0 Å². The molecule has 5 aliphatic rings. The molecule has 4 aliphatic carbocycles. The molecular formula is C20H35N3O. The number of urea groups is 1. The van der Waals surface area contributed by atoms with Gasteiger partial charge in [-0.3, -0.25) is 0 Å². The molecule has 0 atom stereocenters. The van der Waals surface area contributed by atoms with E-state index in [1.54, 1.807) is 0 Å². The molecule has 0 aromatic rings. The fraction of sp³-hybridized carbons (Fsp3) is 0.950. The summed E-state index contributed by atoms with van der Waals surface area (Å²) in [4.78, 5) is 15.5. The zero-order valence-electron chi connectivity index (χ0n) is 15.9. The van der Waals surface area contributed by atoms with Crippen LogP contribution in [-0.2, 0) is 0 Å². The monoisotopic (exact) mass is 333 g/mol. The van der Waals surface area contributed by atoms with Crippen LogP contribution in [0.2, 0.25) is 0 Å². The molecular weight excluding hydrogens is 298 g/mol. The summed E-state index contributed by atoms with van der Waals surface area (Å²) in [7, 11) is 0. The van der Waals surface area contributed by atoms with Gasteiger partial charge in [-0.05, 0) is 96.8 Å². The normalized spacial score (nSPS) is 43.0. The van der Waals surface area contributed by atoms with E-state index in [0.29, 0.717) is 0 Å². The minimum absolute atomic E-state index is 0.0809. The van der Waals surface area contributed by atoms with Gasteiger partial charge < -0.3 is 16.0 Å². The minimum Gasteiger partial charge on any atom is -0.332 e. The molecule has 0 spiro atoms. The Morgan fingerprint density at radius 2 is 1.29 bits per heavy atom. The Bertz CT molecular complexity index is 486. The summed E-state index contributed by atoms with van der Waals surface area (Å²) in [5.41, 5.74) is 5.98. The Hall–Kier alpha value is -0.770. The smallest absolute Gasteiger partial charge is 0.318 e. The van der Waals surface area contributed by atoms with Crippen LogP contribution in [0.1, 0.15) is 79.1 Å². The maximum atomic E-state index is 13.4. The second-order valence-electron chi connectivity index (χ2n) is 10.8. The van der Waals surface area contributed by atoms with E-state index in [2.05, 4.69) is 37.9 Å². The van der Waals surface area contributed by atoms with E-state index in [1.165, 1.54) is 38.5 Å². The van der Waals surface area contributed by atoms with Crippen LogP contribution in [0, 0.1) is 17.8 Å². The van der Waals surface area contributed by atoms with E-state index < -0.39 is 0 Å². The highest BCUT2D eigenvalue weighted by atomic mass is 16.2. The highest BCUT2D eigenvalue weighted by Gasteiger charge is 2.54. The van der Waals surface area contributed by atoms with Crippen molar-refractivity contribution in [1.82, 2.24) is 10.2 Å². The highest BCUT2D eigenvalue weighted by Crippen LogP contribution is 2.55. The quantitative estimate of drug-likeness (QED) is 0.769. The van der Waals surface area contributed by atoms with Gasteiger partial charge in [-0.15, -0.1) is 0 Å². The average Bonchev–Trinajstić information content (AvgIpc) is 2.31. The van der Waals surface area contributed by atoms with Crippen molar-refractivity contribution < 1.29 is 4.79 Å². The van der Waals surface area contributed by atoms with Crippen molar-refractivity contribution in [3.05, 3.63) is 0 Å². The Morgan fingerprint density at radius 3 is 1.71 bits per heavy atom. The van der Waals surface area contributed by atoms with Crippen LogP contribution in [0.5, 0.6) is 0 Å². The Balaban J connectivity index is 1.55. The van der Waals surface area contributed by atoms with Crippen molar-refractivity contribution in [2.75, 3.05) is 0 Å². The summed E-state index contributed by atoms with van der Waals surface area (Å²) in [6.07, 6.45) is 9.60. The number of amides is 2. The molecule has 5 fully saturated rings. The second-order valence-corrected chi connectivity index (χ2v) is 10.8. The maximum absolute atomic E-state index is 13.4. The fourth-order valence-corrected chi connectivity index (χ4v) is 7.45. The van der Waals surface area contributed by atoms with E-state index in [-0.39, 0.29) is 28.7 Å². The fourth-order valence-electron chi connectivity index (χ4n) is 7.45. The minimum atomic E-state index is -0.187. The molecule has 0 unspecified atom stereocenters. The van der Waals surface area contributed by atoms with Gasteiger partial charge >= 0.3 is 6.03 Å². The van der Waals surface area contributed by atoms with Crippen LogP contribution in [0.3, 0.4) is 0 Å². The third-order valence-corrected chi connectivity index (χ3v) is 7.35. The molecule has 4 saturated carbocycles. The lowest BCUT2D eigenvalue weighted by Gasteiger charge is -2.59. The molecule has 0 aromatic carbocycles. The molecule has 0 radical (unpaired) electrons. The number of nitrogens with one attached hydrogen (secondary N) is 1. The molecule has 3 N–H and O–H groups in total. The van der Waals surface area contributed by atoms with Gasteiger partial charge in [0.25, 0.3) is 0 Å². The standard InChI is InChI=1S/C20H35N3O/c1-18(2)11-16(21)12-19(3,4)23(18)17(24)22-20-8-13-5-14(9-20)7-15(6-13)10-20/h13-16H,5-12,21H2,1-4H3,(H,22,24). The summed E-state index contributed by atoms with van der Waals surface area (Å²) >= 11 is 0. The van der Waals surface area contributed by atoms with E-state index >= 15 is 0 Å². The Labute approximate surface area is 146 Å². The van der Waals surface area contributed by atoms with E-state index in [4.69, 9.17) is 5.73 Å². The number of rotatable bonds is 1. The Morgan fingerprint density at radius 1 is 0.875 bits per heavy atom. The van der Waals surface area contributed by atoms with Crippen LogP contribution in [-0.4, -0.2) is 33.6 Å². The lowest BCUT2D eigenvalue weighted by molar-refractivity contribution is -0.0322. The van der Waals surface area contributed by atoms with Crippen molar-refractivity contribution in [3.63, 3.8) is 0 Å². The van der Waals surface area contributed by atoms with Gasteiger partial charge in [0.1, 0.15) is 0 Å². The third-order valence-electron chi connectivity index (χ3n) is 7.35. The number of hydrogen-bond acceptors (Lipinski definition) is 2. The van der Waals surface area contributed by atoms with Crippen molar-refractivity contribution >= 4 is 6.03 Å². The summed E-state index contributed by atoms with van der Waals surface area (Å²) in [6.45, 7) is 8.69. The molecule has 5 rings (SSSR count). The summed E-state index contributed by atoms with van der Waals surface area (Å²) in [5, 5.41) is 3.57. The summed E-state index contributed by atoms with van der Waals surface area (Å²) in [5.74, 6) is 2.56. The van der Waals surface area contributed by atoms with Crippen LogP contribution >= 0.6 is 0 Å². The van der Waals surface area contributed by atoms with Crippen molar-refractivity contribution in [2.24, 2.45) is 23.5 Å². The van der Waals surface area contributed by atoms with Gasteiger partial charge in [0.05, 0.1) is 0 Å². The Kier molecular flexibility index (Phi) is 3.56. The molecule has 4 nitrogen and oxygen atoms in total. The first-order valence-corrected chi connectivity index (χ1v) is 9.97. The molecule has 1 saturated heterocycles. The summed E-state index contributed by atoms with van der Waals surface area (Å²) < 4.78 is 0. The zero-order valence-corrected chi connectivity index (χ0v) is 15.9. The largest absolute Gasteiger partial charge is 0.332 e. The lowest BCUT2D eigenvalue weighted by Crippen LogP contribution is -2.70. The topological polar surface area (TPSA) is 58.4 Å². The van der Waals surface area contributed by atoms with Gasteiger partial charge in [0.2, 0.25) is 0 Å². The number of piperidine rings is 1. The zero-order chi connectivity index (χ0) is 17.3. The highest BCUT2D eigenvalue weighted by molar-refractivity contribution is 5.77. The number of carbonyl (C=O) groups excluding carboxylic acids is 1. The first kappa shape index (κ1) is 16.7. The van der Waals surface area contributed by atoms with E-state index in [9.17, 15) is 4.79 Å². The van der Waals surface area contributed by atoms with Crippen LogP contribution in [0.25, 0.3) is 0 Å². The SMILES string of the molecule is CC1(C)CC(N)CC(C)(C)N1C(=O)NC12CC3CC(CC(C3)C1)C2. The third kappa shape index (κ3) is 2.65. The van der Waals surface area contributed by atoms with Gasteiger partial charge in [0.15, 0.2) is 0 Å². The predicted molar refractivity (Wildman–Crippen MR) is 96.6 cm³/mol. The number of nitrogens with zero attached hydrogens (tertiary/aromatic N) is 1. The van der Waals surface area contributed by atoms with Crippen LogP contribution < -0.4 is 11.1 Å². The molecule has 0 aromatic heterocycles. The average molecular weight is 334 g/mol. The van der Waals surface area contributed by atoms with Gasteiger partial charge in [-0.2, -0.15) is 0 Å². The number of nitrogens with two attached hydrogens (primary N) is 1. The van der Waals surface area contributed by atoms with Gasteiger partial charge in [0, 0.05) is 22.7 Å². The molecule has 2 amide bonds. The lowest BCUT2D eigenvalue weighted by atomic mass is 9.53. The molecule has 24 heavy (non-hydrogen) atoms. The predicted octanol–water partition coefficient (Wildman–Crippen LogP) is 3.65. The molecule has 4 bridgehead atoms. The van der Waals surface area contributed by atoms with Gasteiger partial charge in [-0.25, -0.2) is 4.79 Å². The first-order valence-electron chi connectivity index (χ1n) is 9.97. The van der Waals surface area contributed by atoms with Crippen LogP contribution in [0.4, 0.5) is 4.79 Å². The molecule has 1 heterocycles. The maximum Gasteiger partial charge on any atom is 0.318 e. The number of hydrogen-bond donors (Lipinski definition) is 2. The number of carbonyl (C=O) groups is 1. The van der Waals surface area contributed by atoms with Gasteiger partial charge in [-0.1, -0.05) is 0 Å². The number of likely N-dealkylation sites (tertiary alicyclic amines) is 1. The molecule has 1 aliphatic heterocycles. The van der Waals surface area contributed by atoms with E-state index in [1.807, 2.05) is 0 Å². The molecule has 136 valence electrons. The van der Waals surface area contributed by atoms with E-state index in [0.717, 1.165) is 30.6 Å². The van der Waals surface area contributed by atoms with Crippen molar-refractivity contribution in [2.45, 2.75) is 102 Å². The summed E-state index contributed by atoms with van der Waals surface area (Å²) in [6, 6.07) is 0.331. The van der Waals surface area contributed by atoms with Crippen LogP contribution in [0.15, 0.2) is 0 Å². The second kappa shape index (κ2) is 5.12.